The van der Waals surface area contributed by atoms with Crippen LogP contribution in [-0.2, 0) is 26.2 Å². The number of ether oxygens (including phenoxy) is 1. The lowest BCUT2D eigenvalue weighted by atomic mass is 10.1. The van der Waals surface area contributed by atoms with Gasteiger partial charge in [-0.15, -0.1) is 0 Å². The maximum Gasteiger partial charge on any atom is 0.242 e. The molecule has 0 saturated carbocycles. The highest BCUT2D eigenvalue weighted by Gasteiger charge is 2.27. The molecule has 2 aromatic carbocycles. The van der Waals surface area contributed by atoms with Crippen LogP contribution in [0.4, 0.5) is 5.69 Å². The number of nitrogens with zero attached hydrogens (tertiary/aromatic N) is 2. The van der Waals surface area contributed by atoms with Crippen LogP contribution < -0.4 is 14.4 Å². The Morgan fingerprint density at radius 2 is 1.76 bits per heavy atom. The monoisotopic (exact) mass is 595 g/mol. The molecular weight excluding hydrogens is 558 g/mol. The van der Waals surface area contributed by atoms with Crippen LogP contribution in [0.3, 0.4) is 0 Å². The molecule has 0 unspecified atom stereocenters. The van der Waals surface area contributed by atoms with Gasteiger partial charge < -0.3 is 15.0 Å². The molecule has 0 aliphatic heterocycles. The van der Waals surface area contributed by atoms with Gasteiger partial charge >= 0.3 is 0 Å². The van der Waals surface area contributed by atoms with E-state index < -0.39 is 16.1 Å². The first-order valence-electron chi connectivity index (χ1n) is 12.5. The summed E-state index contributed by atoms with van der Waals surface area (Å²) >= 11 is 3.46. The van der Waals surface area contributed by atoms with Crippen molar-refractivity contribution in [3.8, 4) is 5.75 Å². The smallest absolute Gasteiger partial charge is 0.242 e. The highest BCUT2D eigenvalue weighted by Crippen LogP contribution is 2.23. The minimum absolute atomic E-state index is 0.00444. The zero-order valence-corrected chi connectivity index (χ0v) is 24.6. The van der Waals surface area contributed by atoms with Crippen molar-refractivity contribution in [1.29, 1.82) is 0 Å². The third-order valence-electron chi connectivity index (χ3n) is 6.00. The van der Waals surface area contributed by atoms with Crippen LogP contribution in [0.15, 0.2) is 53.0 Å². The van der Waals surface area contributed by atoms with E-state index in [9.17, 15) is 18.0 Å². The maximum atomic E-state index is 13.4. The molecule has 2 rings (SSSR count). The number of hydrogen-bond acceptors (Lipinski definition) is 5. The van der Waals surface area contributed by atoms with Gasteiger partial charge in [-0.05, 0) is 75.6 Å². The van der Waals surface area contributed by atoms with Crippen molar-refractivity contribution in [2.45, 2.75) is 65.6 Å². The van der Waals surface area contributed by atoms with Crippen molar-refractivity contribution in [3.63, 3.8) is 0 Å². The second-order valence-electron chi connectivity index (χ2n) is 9.01. The molecule has 0 aromatic heterocycles. The van der Waals surface area contributed by atoms with Crippen LogP contribution in [-0.4, -0.2) is 56.6 Å². The maximum absolute atomic E-state index is 13.4. The fourth-order valence-electron chi connectivity index (χ4n) is 3.76. The minimum Gasteiger partial charge on any atom is -0.494 e. The van der Waals surface area contributed by atoms with E-state index in [1.807, 2.05) is 45.0 Å². The molecule has 204 valence electrons. The Morgan fingerprint density at radius 1 is 1.08 bits per heavy atom. The topological polar surface area (TPSA) is 96.0 Å². The average molecular weight is 597 g/mol. The van der Waals surface area contributed by atoms with Gasteiger partial charge in [-0.25, -0.2) is 8.42 Å². The van der Waals surface area contributed by atoms with Crippen molar-refractivity contribution in [3.05, 3.63) is 58.6 Å². The number of carbonyl (C=O) groups excluding carboxylic acids is 2. The van der Waals surface area contributed by atoms with Crippen LogP contribution in [0.1, 0.15) is 52.5 Å². The number of amides is 2. The molecule has 2 atom stereocenters. The fraction of sp³-hybridized carbons (Fsp3) is 0.481. The first-order valence-corrected chi connectivity index (χ1v) is 15.1. The van der Waals surface area contributed by atoms with Gasteiger partial charge in [-0.1, -0.05) is 35.0 Å². The van der Waals surface area contributed by atoms with Crippen molar-refractivity contribution in [1.82, 2.24) is 10.2 Å². The Morgan fingerprint density at radius 3 is 2.32 bits per heavy atom. The summed E-state index contributed by atoms with van der Waals surface area (Å²) in [6.07, 6.45) is 2.32. The number of rotatable bonds is 14. The summed E-state index contributed by atoms with van der Waals surface area (Å²) in [6.45, 7) is 8.42. The number of halogens is 1. The van der Waals surface area contributed by atoms with Gasteiger partial charge in [-0.2, -0.15) is 0 Å². The van der Waals surface area contributed by atoms with Crippen LogP contribution in [0.25, 0.3) is 0 Å². The lowest BCUT2D eigenvalue weighted by molar-refractivity contribution is -0.140. The van der Waals surface area contributed by atoms with Crippen molar-refractivity contribution in [2.75, 3.05) is 23.7 Å². The molecule has 0 heterocycles. The molecule has 0 spiro atoms. The predicted molar refractivity (Wildman–Crippen MR) is 151 cm³/mol. The Balaban J connectivity index is 2.16. The molecule has 2 amide bonds. The van der Waals surface area contributed by atoms with Gasteiger partial charge in [0.2, 0.25) is 21.8 Å². The van der Waals surface area contributed by atoms with Gasteiger partial charge in [0.25, 0.3) is 0 Å². The predicted octanol–water partition coefficient (Wildman–Crippen LogP) is 4.73. The fourth-order valence-corrected chi connectivity index (χ4v) is 5.17. The summed E-state index contributed by atoms with van der Waals surface area (Å²) < 4.78 is 32.6. The number of sulfonamides is 1. The molecule has 2 aromatic rings. The molecular formula is C27H38BrN3O5S. The average Bonchev–Trinajstić information content (AvgIpc) is 2.84. The highest BCUT2D eigenvalue weighted by molar-refractivity contribution is 9.10. The van der Waals surface area contributed by atoms with E-state index in [-0.39, 0.29) is 37.4 Å². The first-order chi connectivity index (χ1) is 17.5. The number of nitrogens with one attached hydrogen (secondary N) is 1. The van der Waals surface area contributed by atoms with Gasteiger partial charge in [-0.3, -0.25) is 13.9 Å². The zero-order chi connectivity index (χ0) is 27.6. The number of benzene rings is 2. The summed E-state index contributed by atoms with van der Waals surface area (Å²) in [4.78, 5) is 27.8. The van der Waals surface area contributed by atoms with E-state index in [1.54, 1.807) is 36.1 Å². The van der Waals surface area contributed by atoms with Crippen molar-refractivity contribution in [2.24, 2.45) is 0 Å². The quantitative estimate of drug-likeness (QED) is 0.341. The van der Waals surface area contributed by atoms with Crippen LogP contribution in [0.5, 0.6) is 5.75 Å². The lowest BCUT2D eigenvalue weighted by Gasteiger charge is -2.30. The third-order valence-corrected chi connectivity index (χ3v) is 7.69. The molecule has 10 heteroatoms. The summed E-state index contributed by atoms with van der Waals surface area (Å²) in [7, 11) is -3.56. The highest BCUT2D eigenvalue weighted by atomic mass is 79.9. The van der Waals surface area contributed by atoms with E-state index in [0.717, 1.165) is 22.7 Å². The number of anilines is 1. The molecule has 0 aliphatic rings. The third kappa shape index (κ3) is 9.66. The van der Waals surface area contributed by atoms with Crippen molar-refractivity contribution < 1.29 is 22.7 Å². The second-order valence-corrected chi connectivity index (χ2v) is 11.8. The van der Waals surface area contributed by atoms with Gasteiger partial charge in [0.15, 0.2) is 0 Å². The van der Waals surface area contributed by atoms with E-state index in [0.29, 0.717) is 24.5 Å². The van der Waals surface area contributed by atoms with Gasteiger partial charge in [0.1, 0.15) is 11.8 Å². The summed E-state index contributed by atoms with van der Waals surface area (Å²) in [5, 5.41) is 2.95. The summed E-state index contributed by atoms with van der Waals surface area (Å²) in [5.41, 5.74) is 1.39. The van der Waals surface area contributed by atoms with Gasteiger partial charge in [0.05, 0.1) is 18.6 Å². The lowest BCUT2D eigenvalue weighted by Crippen LogP contribution is -2.49. The van der Waals surface area contributed by atoms with Gasteiger partial charge in [0, 0.05) is 30.0 Å². The SMILES string of the molecule is CCOc1ccc(N(CCCC(=O)N(Cc2cccc(Br)c2)[C@H](C)C(=O)N[C@@H](C)CC)S(C)(=O)=O)cc1. The standard InChI is InChI=1S/C27H38BrN3O5S/c1-6-20(3)29-27(33)21(4)30(19-22-10-8-11-23(28)18-22)26(32)12-9-17-31(37(5,34)35)24-13-15-25(16-14-24)36-7-2/h8,10-11,13-16,18,20-21H,6-7,9,12,17,19H2,1-5H3,(H,29,33)/t20-,21+/m0/s1. The molecule has 1 N–H and O–H groups in total. The first kappa shape index (κ1) is 30.6. The molecule has 0 bridgehead atoms. The summed E-state index contributed by atoms with van der Waals surface area (Å²) in [5.74, 6) is 0.222. The molecule has 8 nitrogen and oxygen atoms in total. The molecule has 0 saturated heterocycles. The second kappa shape index (κ2) is 14.4. The van der Waals surface area contributed by atoms with Crippen LogP contribution >= 0.6 is 15.9 Å². The van der Waals surface area contributed by atoms with E-state index >= 15 is 0 Å². The number of carbonyl (C=O) groups is 2. The van der Waals surface area contributed by atoms with E-state index in [1.165, 1.54) is 4.31 Å². The number of hydrogen-bond donors (Lipinski definition) is 1. The van der Waals surface area contributed by atoms with Crippen LogP contribution in [0.2, 0.25) is 0 Å². The Bertz CT molecular complexity index is 1140. The largest absolute Gasteiger partial charge is 0.494 e. The van der Waals surface area contributed by atoms with Crippen LogP contribution in [0, 0.1) is 0 Å². The minimum atomic E-state index is -3.56. The van der Waals surface area contributed by atoms with E-state index in [2.05, 4.69) is 21.2 Å². The Labute approximate surface area is 229 Å². The van der Waals surface area contributed by atoms with E-state index in [4.69, 9.17) is 4.74 Å². The molecule has 37 heavy (non-hydrogen) atoms. The zero-order valence-electron chi connectivity index (χ0n) is 22.2. The Kier molecular flexibility index (Phi) is 11.9. The molecule has 0 fully saturated rings. The summed E-state index contributed by atoms with van der Waals surface area (Å²) in [6, 6.07) is 13.7. The molecule has 0 radical (unpaired) electrons. The Hall–Kier alpha value is -2.59. The normalized spacial score (nSPS) is 12.9. The van der Waals surface area contributed by atoms with Crippen molar-refractivity contribution >= 4 is 43.5 Å². The molecule has 0 aliphatic carbocycles.